The third-order valence-corrected chi connectivity index (χ3v) is 4.33. The standard InChI is InChI=1S/C13H21N3O2S/c1-18-8-9(14)12(17)16-13-15-10-6-4-2-3-5-7-11(10)19-13/h9H,2-8,14H2,1H3,(H,15,16,17). The molecule has 6 heteroatoms. The van der Waals surface area contributed by atoms with E-state index in [9.17, 15) is 4.79 Å². The lowest BCUT2D eigenvalue weighted by Gasteiger charge is -2.08. The van der Waals surface area contributed by atoms with Gasteiger partial charge in [-0.25, -0.2) is 4.98 Å². The third-order valence-electron chi connectivity index (χ3n) is 3.26. The molecule has 106 valence electrons. The zero-order valence-corrected chi connectivity index (χ0v) is 12.1. The molecule has 19 heavy (non-hydrogen) atoms. The summed E-state index contributed by atoms with van der Waals surface area (Å²) in [6.07, 6.45) is 7.06. The van der Waals surface area contributed by atoms with Gasteiger partial charge in [-0.1, -0.05) is 12.8 Å². The lowest BCUT2D eigenvalue weighted by Crippen LogP contribution is -2.39. The number of hydrogen-bond acceptors (Lipinski definition) is 5. The van der Waals surface area contributed by atoms with E-state index in [1.54, 1.807) is 11.3 Å². The number of aromatic nitrogens is 1. The summed E-state index contributed by atoms with van der Waals surface area (Å²) in [6.45, 7) is 0.219. The molecule has 1 heterocycles. The first-order valence-electron chi connectivity index (χ1n) is 6.74. The smallest absolute Gasteiger partial charge is 0.245 e. The van der Waals surface area contributed by atoms with Crippen LogP contribution in [0.3, 0.4) is 0 Å². The van der Waals surface area contributed by atoms with E-state index in [2.05, 4.69) is 10.3 Å². The van der Waals surface area contributed by atoms with Gasteiger partial charge in [-0.05, 0) is 25.7 Å². The summed E-state index contributed by atoms with van der Waals surface area (Å²) in [4.78, 5) is 17.6. The van der Waals surface area contributed by atoms with E-state index in [-0.39, 0.29) is 12.5 Å². The predicted molar refractivity (Wildman–Crippen MR) is 76.5 cm³/mol. The second kappa shape index (κ2) is 6.98. The molecule has 3 N–H and O–H groups in total. The number of nitrogens with one attached hydrogen (secondary N) is 1. The van der Waals surface area contributed by atoms with Crippen LogP contribution in [0.15, 0.2) is 0 Å². The van der Waals surface area contributed by atoms with Crippen LogP contribution in [0.2, 0.25) is 0 Å². The Kier molecular flexibility index (Phi) is 5.30. The van der Waals surface area contributed by atoms with Gasteiger partial charge in [0.25, 0.3) is 0 Å². The summed E-state index contributed by atoms with van der Waals surface area (Å²) in [5.41, 5.74) is 6.84. The number of ether oxygens (including phenoxy) is 1. The quantitative estimate of drug-likeness (QED) is 0.882. The largest absolute Gasteiger partial charge is 0.383 e. The number of carbonyl (C=O) groups is 1. The van der Waals surface area contributed by atoms with Crippen molar-refractivity contribution in [2.45, 2.75) is 44.6 Å². The van der Waals surface area contributed by atoms with Crippen molar-refractivity contribution < 1.29 is 9.53 Å². The highest BCUT2D eigenvalue weighted by molar-refractivity contribution is 7.15. The number of rotatable bonds is 4. The normalized spacial score (nSPS) is 17.2. The Hall–Kier alpha value is -0.980. The fraction of sp³-hybridized carbons (Fsp3) is 0.692. The van der Waals surface area contributed by atoms with Crippen molar-refractivity contribution in [3.63, 3.8) is 0 Å². The predicted octanol–water partition coefficient (Wildman–Crippen LogP) is 1.71. The Bertz CT molecular complexity index is 408. The number of methoxy groups -OCH3 is 1. The summed E-state index contributed by atoms with van der Waals surface area (Å²) >= 11 is 1.58. The van der Waals surface area contributed by atoms with Crippen LogP contribution in [0.4, 0.5) is 5.13 Å². The first-order valence-corrected chi connectivity index (χ1v) is 7.56. The van der Waals surface area contributed by atoms with E-state index >= 15 is 0 Å². The Labute approximate surface area is 117 Å². The summed E-state index contributed by atoms with van der Waals surface area (Å²) < 4.78 is 4.87. The molecule has 5 nitrogen and oxygen atoms in total. The number of aryl methyl sites for hydroxylation is 2. The average Bonchev–Trinajstić information content (AvgIpc) is 2.71. The van der Waals surface area contributed by atoms with E-state index in [4.69, 9.17) is 10.5 Å². The Balaban J connectivity index is 2.01. The van der Waals surface area contributed by atoms with Crippen LogP contribution < -0.4 is 11.1 Å². The van der Waals surface area contributed by atoms with Gasteiger partial charge in [0, 0.05) is 12.0 Å². The van der Waals surface area contributed by atoms with E-state index < -0.39 is 6.04 Å². The maximum absolute atomic E-state index is 11.8. The molecule has 0 bridgehead atoms. The fourth-order valence-electron chi connectivity index (χ4n) is 2.21. The highest BCUT2D eigenvalue weighted by Crippen LogP contribution is 2.28. The molecule has 1 atom stereocenters. The molecule has 2 rings (SSSR count). The number of hydrogen-bond donors (Lipinski definition) is 2. The lowest BCUT2D eigenvalue weighted by atomic mass is 10.0. The topological polar surface area (TPSA) is 77.2 Å². The molecule has 0 spiro atoms. The van der Waals surface area contributed by atoms with E-state index in [1.807, 2.05) is 0 Å². The van der Waals surface area contributed by atoms with Gasteiger partial charge in [-0.15, -0.1) is 11.3 Å². The number of fused-ring (bicyclic) bond motifs is 1. The first kappa shape index (κ1) is 14.4. The molecule has 0 aromatic carbocycles. The van der Waals surface area contributed by atoms with Crippen molar-refractivity contribution in [3.8, 4) is 0 Å². The van der Waals surface area contributed by atoms with Gasteiger partial charge in [0.05, 0.1) is 12.3 Å². The van der Waals surface area contributed by atoms with Crippen molar-refractivity contribution in [1.82, 2.24) is 4.98 Å². The van der Waals surface area contributed by atoms with Crippen LogP contribution in [0, 0.1) is 0 Å². The van der Waals surface area contributed by atoms with Gasteiger partial charge in [-0.3, -0.25) is 4.79 Å². The molecule has 1 aliphatic carbocycles. The van der Waals surface area contributed by atoms with Crippen molar-refractivity contribution in [3.05, 3.63) is 10.6 Å². The van der Waals surface area contributed by atoms with Crippen LogP contribution >= 0.6 is 11.3 Å². The van der Waals surface area contributed by atoms with Crippen LogP contribution in [-0.4, -0.2) is 30.6 Å². The third kappa shape index (κ3) is 3.99. The summed E-state index contributed by atoms with van der Waals surface area (Å²) in [7, 11) is 1.53. The van der Waals surface area contributed by atoms with Crippen LogP contribution in [0.5, 0.6) is 0 Å². The second-order valence-corrected chi connectivity index (χ2v) is 5.94. The van der Waals surface area contributed by atoms with E-state index in [0.717, 1.165) is 18.5 Å². The molecule has 0 saturated carbocycles. The molecule has 0 fully saturated rings. The minimum Gasteiger partial charge on any atom is -0.383 e. The molecule has 0 saturated heterocycles. The molecule has 1 aromatic heterocycles. The Morgan fingerprint density at radius 1 is 1.42 bits per heavy atom. The highest BCUT2D eigenvalue weighted by Gasteiger charge is 2.17. The van der Waals surface area contributed by atoms with Gasteiger partial charge in [0.2, 0.25) is 5.91 Å². The van der Waals surface area contributed by atoms with Crippen LogP contribution in [0.25, 0.3) is 0 Å². The molecule has 1 unspecified atom stereocenters. The molecule has 1 aromatic rings. The molecule has 1 aliphatic rings. The molecule has 0 aliphatic heterocycles. The van der Waals surface area contributed by atoms with Gasteiger partial charge in [-0.2, -0.15) is 0 Å². The van der Waals surface area contributed by atoms with Gasteiger partial charge in [0.15, 0.2) is 5.13 Å². The summed E-state index contributed by atoms with van der Waals surface area (Å²) in [6, 6.07) is -0.642. The number of nitrogens with two attached hydrogens (primary N) is 1. The fourth-order valence-corrected chi connectivity index (χ4v) is 3.27. The minimum absolute atomic E-state index is 0.219. The van der Waals surface area contributed by atoms with Crippen molar-refractivity contribution in [2.75, 3.05) is 19.0 Å². The van der Waals surface area contributed by atoms with E-state index in [0.29, 0.717) is 5.13 Å². The summed E-state index contributed by atoms with van der Waals surface area (Å²) in [5, 5.41) is 3.46. The lowest BCUT2D eigenvalue weighted by molar-refractivity contribution is -0.118. The molecule has 1 amide bonds. The van der Waals surface area contributed by atoms with Crippen molar-refractivity contribution in [2.24, 2.45) is 5.73 Å². The zero-order chi connectivity index (χ0) is 13.7. The van der Waals surface area contributed by atoms with Gasteiger partial charge >= 0.3 is 0 Å². The number of anilines is 1. The SMILES string of the molecule is COCC(N)C(=O)Nc1nc2c(s1)CCCCCC2. The van der Waals surface area contributed by atoms with Gasteiger partial charge in [0.1, 0.15) is 6.04 Å². The molecular weight excluding hydrogens is 262 g/mol. The second-order valence-electron chi connectivity index (χ2n) is 4.85. The van der Waals surface area contributed by atoms with E-state index in [1.165, 1.54) is 37.7 Å². The zero-order valence-electron chi connectivity index (χ0n) is 11.3. The Morgan fingerprint density at radius 3 is 2.89 bits per heavy atom. The van der Waals surface area contributed by atoms with Gasteiger partial charge < -0.3 is 15.8 Å². The van der Waals surface area contributed by atoms with Crippen LogP contribution in [0.1, 0.15) is 36.3 Å². The monoisotopic (exact) mass is 283 g/mol. The maximum atomic E-state index is 11.8. The summed E-state index contributed by atoms with van der Waals surface area (Å²) in [5.74, 6) is -0.233. The number of nitrogens with zero attached hydrogens (tertiary/aromatic N) is 1. The maximum Gasteiger partial charge on any atom is 0.245 e. The minimum atomic E-state index is -0.642. The number of thiazole rings is 1. The molecular formula is C13H21N3O2S. The van der Waals surface area contributed by atoms with Crippen molar-refractivity contribution in [1.29, 1.82) is 0 Å². The Morgan fingerprint density at radius 2 is 2.16 bits per heavy atom. The number of amides is 1. The average molecular weight is 283 g/mol. The van der Waals surface area contributed by atoms with Crippen LogP contribution in [-0.2, 0) is 22.4 Å². The first-order chi connectivity index (χ1) is 9.20. The highest BCUT2D eigenvalue weighted by atomic mass is 32.1. The van der Waals surface area contributed by atoms with Crippen molar-refractivity contribution >= 4 is 22.4 Å². The number of carbonyl (C=O) groups excluding carboxylic acids is 1. The molecule has 0 radical (unpaired) electrons.